The Bertz CT molecular complexity index is 568. The molecule has 120 valence electrons. The van der Waals surface area contributed by atoms with Crippen LogP contribution in [0.3, 0.4) is 0 Å². The summed E-state index contributed by atoms with van der Waals surface area (Å²) in [6, 6.07) is 3.22. The van der Waals surface area contributed by atoms with Gasteiger partial charge in [0.1, 0.15) is 17.3 Å². The third kappa shape index (κ3) is 3.88. The van der Waals surface area contributed by atoms with E-state index in [1.165, 1.54) is 4.90 Å². The van der Waals surface area contributed by atoms with E-state index in [0.29, 0.717) is 17.4 Å². The maximum Gasteiger partial charge on any atom is 0.411 e. The molecule has 22 heavy (non-hydrogen) atoms. The third-order valence-electron chi connectivity index (χ3n) is 3.24. The first-order chi connectivity index (χ1) is 10.2. The highest BCUT2D eigenvalue weighted by Crippen LogP contribution is 2.22. The maximum absolute atomic E-state index is 12.3. The van der Waals surface area contributed by atoms with Gasteiger partial charge in [-0.25, -0.2) is 9.78 Å². The van der Waals surface area contributed by atoms with Gasteiger partial charge in [-0.2, -0.15) is 0 Å². The van der Waals surface area contributed by atoms with Crippen molar-refractivity contribution in [3.63, 3.8) is 0 Å². The predicted octanol–water partition coefficient (Wildman–Crippen LogP) is 2.71. The number of ether oxygens (including phenoxy) is 1. The Morgan fingerprint density at radius 1 is 1.41 bits per heavy atom. The Morgan fingerprint density at radius 2 is 2.09 bits per heavy atom. The van der Waals surface area contributed by atoms with Crippen LogP contribution in [-0.2, 0) is 9.53 Å². The van der Waals surface area contributed by atoms with E-state index in [1.807, 2.05) is 6.92 Å². The van der Waals surface area contributed by atoms with Crippen molar-refractivity contribution in [2.24, 2.45) is 0 Å². The average Bonchev–Trinajstić information content (AvgIpc) is 2.40. The summed E-state index contributed by atoms with van der Waals surface area (Å²) < 4.78 is 5.34. The summed E-state index contributed by atoms with van der Waals surface area (Å²) in [6.45, 7) is 7.65. The quantitative estimate of drug-likeness (QED) is 0.745. The van der Waals surface area contributed by atoms with Crippen molar-refractivity contribution < 1.29 is 14.3 Å². The Labute approximate surface area is 135 Å². The number of hydrogen-bond acceptors (Lipinski definition) is 4. The zero-order valence-corrected chi connectivity index (χ0v) is 13.9. The van der Waals surface area contributed by atoms with Crippen LogP contribution >= 0.6 is 11.6 Å². The normalized spacial score (nSPS) is 19.3. The molecule has 2 amide bonds. The van der Waals surface area contributed by atoms with Crippen LogP contribution in [0.25, 0.3) is 0 Å². The lowest BCUT2D eigenvalue weighted by Gasteiger charge is -2.39. The van der Waals surface area contributed by atoms with Gasteiger partial charge >= 0.3 is 6.09 Å². The van der Waals surface area contributed by atoms with E-state index in [9.17, 15) is 9.59 Å². The fourth-order valence-corrected chi connectivity index (χ4v) is 2.31. The Morgan fingerprint density at radius 3 is 2.64 bits per heavy atom. The zero-order chi connectivity index (χ0) is 16.5. The highest BCUT2D eigenvalue weighted by Gasteiger charge is 2.35. The van der Waals surface area contributed by atoms with Crippen LogP contribution in [0.5, 0.6) is 0 Å². The zero-order valence-electron chi connectivity index (χ0n) is 13.2. The lowest BCUT2D eigenvalue weighted by atomic mass is 10.1. The van der Waals surface area contributed by atoms with Crippen LogP contribution in [0.15, 0.2) is 18.3 Å². The molecule has 0 bridgehead atoms. The van der Waals surface area contributed by atoms with E-state index in [1.54, 1.807) is 44.0 Å². The minimum Gasteiger partial charge on any atom is -0.444 e. The first kappa shape index (κ1) is 16.5. The molecule has 6 nitrogen and oxygen atoms in total. The van der Waals surface area contributed by atoms with Crippen LogP contribution in [0.2, 0.25) is 5.15 Å². The average molecular weight is 326 g/mol. The van der Waals surface area contributed by atoms with E-state index in [2.05, 4.69) is 4.98 Å². The van der Waals surface area contributed by atoms with Crippen LogP contribution < -0.4 is 4.90 Å². The summed E-state index contributed by atoms with van der Waals surface area (Å²) >= 11 is 5.76. The molecule has 0 saturated carbocycles. The second-order valence-corrected chi connectivity index (χ2v) is 6.69. The number of piperazine rings is 1. The summed E-state index contributed by atoms with van der Waals surface area (Å²) in [6.07, 6.45) is 1.08. The van der Waals surface area contributed by atoms with Crippen molar-refractivity contribution in [1.82, 2.24) is 9.88 Å². The van der Waals surface area contributed by atoms with Gasteiger partial charge < -0.3 is 9.64 Å². The summed E-state index contributed by atoms with van der Waals surface area (Å²) in [5.74, 6) is -0.173. The number of carbonyl (C=O) groups is 2. The molecule has 2 heterocycles. The van der Waals surface area contributed by atoms with Crippen LogP contribution in [0, 0.1) is 0 Å². The van der Waals surface area contributed by atoms with Gasteiger partial charge in [-0.15, -0.1) is 0 Å². The molecule has 0 N–H and O–H groups in total. The fraction of sp³-hybridized carbons (Fsp3) is 0.533. The van der Waals surface area contributed by atoms with Crippen molar-refractivity contribution >= 4 is 29.3 Å². The van der Waals surface area contributed by atoms with Crippen molar-refractivity contribution in [2.75, 3.05) is 18.0 Å². The molecule has 1 aromatic heterocycles. The first-order valence-electron chi connectivity index (χ1n) is 7.09. The summed E-state index contributed by atoms with van der Waals surface area (Å²) in [5, 5.41) is 0.372. The van der Waals surface area contributed by atoms with E-state index in [4.69, 9.17) is 16.3 Å². The molecular weight excluding hydrogens is 306 g/mol. The SMILES string of the molecule is C[C@H]1CN(c2ccc(Cl)nc2)C(=O)CN1C(=O)OC(C)(C)C. The molecule has 7 heteroatoms. The number of nitrogens with zero attached hydrogens (tertiary/aromatic N) is 3. The molecule has 1 aliphatic rings. The Hall–Kier alpha value is -1.82. The van der Waals surface area contributed by atoms with E-state index in [-0.39, 0.29) is 18.5 Å². The summed E-state index contributed by atoms with van der Waals surface area (Å²) in [4.78, 5) is 31.5. The van der Waals surface area contributed by atoms with Gasteiger partial charge in [0, 0.05) is 6.54 Å². The number of pyridine rings is 1. The molecule has 0 aromatic carbocycles. The smallest absolute Gasteiger partial charge is 0.411 e. The molecule has 0 spiro atoms. The molecule has 1 aliphatic heterocycles. The number of anilines is 1. The number of aromatic nitrogens is 1. The molecule has 2 rings (SSSR count). The minimum atomic E-state index is -0.586. The van der Waals surface area contributed by atoms with Gasteiger partial charge in [0.05, 0.1) is 17.9 Å². The molecular formula is C15H20ClN3O3. The number of hydrogen-bond donors (Lipinski definition) is 0. The van der Waals surface area contributed by atoms with Gasteiger partial charge in [-0.3, -0.25) is 9.69 Å². The maximum atomic E-state index is 12.3. The predicted molar refractivity (Wildman–Crippen MR) is 84.0 cm³/mol. The van der Waals surface area contributed by atoms with Crippen LogP contribution in [0.1, 0.15) is 27.7 Å². The van der Waals surface area contributed by atoms with Crippen LogP contribution in [0.4, 0.5) is 10.5 Å². The second-order valence-electron chi connectivity index (χ2n) is 6.30. The lowest BCUT2D eigenvalue weighted by molar-refractivity contribution is -0.122. The molecule has 0 aliphatic carbocycles. The molecule has 1 aromatic rings. The molecule has 1 saturated heterocycles. The van der Waals surface area contributed by atoms with Gasteiger partial charge in [-0.05, 0) is 39.8 Å². The Kier molecular flexibility index (Phi) is 4.60. The summed E-state index contributed by atoms with van der Waals surface area (Å²) in [5.41, 5.74) is 0.0852. The molecule has 0 radical (unpaired) electrons. The van der Waals surface area contributed by atoms with E-state index in [0.717, 1.165) is 0 Å². The second kappa shape index (κ2) is 6.12. The monoisotopic (exact) mass is 325 g/mol. The Balaban J connectivity index is 2.10. The summed E-state index contributed by atoms with van der Waals surface area (Å²) in [7, 11) is 0. The third-order valence-corrected chi connectivity index (χ3v) is 3.46. The molecule has 0 unspecified atom stereocenters. The highest BCUT2D eigenvalue weighted by molar-refractivity contribution is 6.29. The van der Waals surface area contributed by atoms with E-state index < -0.39 is 11.7 Å². The minimum absolute atomic E-state index is 0.0152. The van der Waals surface area contributed by atoms with Crippen molar-refractivity contribution in [2.45, 2.75) is 39.3 Å². The molecule has 1 fully saturated rings. The number of rotatable bonds is 1. The highest BCUT2D eigenvalue weighted by atomic mass is 35.5. The molecule has 1 atom stereocenters. The van der Waals surface area contributed by atoms with Crippen LogP contribution in [-0.4, -0.2) is 46.6 Å². The van der Waals surface area contributed by atoms with Gasteiger partial charge in [0.2, 0.25) is 5.91 Å². The van der Waals surface area contributed by atoms with Gasteiger partial charge in [0.15, 0.2) is 0 Å². The van der Waals surface area contributed by atoms with Crippen molar-refractivity contribution in [3.05, 3.63) is 23.5 Å². The topological polar surface area (TPSA) is 62.7 Å². The standard InChI is InChI=1S/C15H20ClN3O3/c1-10-8-19(11-5-6-12(16)17-7-11)13(20)9-18(10)14(21)22-15(2,3)4/h5-7,10H,8-9H2,1-4H3/t10-/m0/s1. The van der Waals surface area contributed by atoms with E-state index >= 15 is 0 Å². The lowest BCUT2D eigenvalue weighted by Crippen LogP contribution is -2.57. The number of halogens is 1. The van der Waals surface area contributed by atoms with Crippen molar-refractivity contribution in [3.8, 4) is 0 Å². The number of carbonyl (C=O) groups excluding carboxylic acids is 2. The van der Waals surface area contributed by atoms with Crippen molar-refractivity contribution in [1.29, 1.82) is 0 Å². The fourth-order valence-electron chi connectivity index (χ4n) is 2.19. The van der Waals surface area contributed by atoms with Gasteiger partial charge in [0.25, 0.3) is 0 Å². The number of amides is 2. The first-order valence-corrected chi connectivity index (χ1v) is 7.47. The largest absolute Gasteiger partial charge is 0.444 e. The van der Waals surface area contributed by atoms with Gasteiger partial charge in [-0.1, -0.05) is 11.6 Å².